The SMILES string of the molecule is Cn1ccc(-c2ccc(C(=O)Oc3ccc(C[C@H](NC(=O)c4ccc(C(C)(C)C)cc4)C(=O)O)cc3)cc2)n1. The summed E-state index contributed by atoms with van der Waals surface area (Å²) in [4.78, 5) is 37.1. The minimum absolute atomic E-state index is 0.0518. The van der Waals surface area contributed by atoms with Crippen LogP contribution in [0.3, 0.4) is 0 Å². The standard InChI is InChI=1S/C31H31N3O5/c1-31(2,3)24-13-11-22(12-14-24)28(35)32-27(29(36)37)19-20-5-15-25(16-6-20)39-30(38)23-9-7-21(8-10-23)26-17-18-34(4)33-26/h5-18,27H,19H2,1-4H3,(H,32,35)(H,36,37)/t27-/m0/s1. The third-order valence-corrected chi connectivity index (χ3v) is 6.32. The molecule has 1 heterocycles. The van der Waals surface area contributed by atoms with Gasteiger partial charge in [0.15, 0.2) is 0 Å². The molecule has 1 atom stereocenters. The van der Waals surface area contributed by atoms with Gasteiger partial charge in [-0.25, -0.2) is 9.59 Å². The molecule has 0 radical (unpaired) electrons. The monoisotopic (exact) mass is 525 g/mol. The molecule has 0 unspecified atom stereocenters. The van der Waals surface area contributed by atoms with Crippen LogP contribution in [0.15, 0.2) is 85.1 Å². The molecule has 0 saturated heterocycles. The third kappa shape index (κ3) is 6.98. The number of aromatic nitrogens is 2. The van der Waals surface area contributed by atoms with Gasteiger partial charge in [0.2, 0.25) is 0 Å². The van der Waals surface area contributed by atoms with Gasteiger partial charge in [-0.3, -0.25) is 9.48 Å². The normalized spacial score (nSPS) is 12.0. The fraction of sp³-hybridized carbons (Fsp3) is 0.226. The number of nitrogens with one attached hydrogen (secondary N) is 1. The lowest BCUT2D eigenvalue weighted by Gasteiger charge is -2.19. The van der Waals surface area contributed by atoms with E-state index in [-0.39, 0.29) is 11.8 Å². The molecule has 39 heavy (non-hydrogen) atoms. The van der Waals surface area contributed by atoms with Gasteiger partial charge in [0, 0.05) is 30.8 Å². The smallest absolute Gasteiger partial charge is 0.343 e. The predicted molar refractivity (Wildman–Crippen MR) is 148 cm³/mol. The number of aryl methyl sites for hydroxylation is 1. The van der Waals surface area contributed by atoms with Gasteiger partial charge in [0.1, 0.15) is 11.8 Å². The molecule has 200 valence electrons. The highest BCUT2D eigenvalue weighted by atomic mass is 16.5. The molecule has 0 bridgehead atoms. The average Bonchev–Trinajstić information content (AvgIpc) is 3.35. The predicted octanol–water partition coefficient (Wildman–Crippen LogP) is 5.03. The van der Waals surface area contributed by atoms with E-state index in [9.17, 15) is 19.5 Å². The summed E-state index contributed by atoms with van der Waals surface area (Å²) in [5, 5.41) is 16.6. The van der Waals surface area contributed by atoms with E-state index < -0.39 is 23.9 Å². The number of nitrogens with zero attached hydrogens (tertiary/aromatic N) is 2. The van der Waals surface area contributed by atoms with Crippen molar-refractivity contribution in [3.63, 3.8) is 0 Å². The topological polar surface area (TPSA) is 111 Å². The molecule has 4 rings (SSSR count). The number of amides is 1. The van der Waals surface area contributed by atoms with Crippen molar-refractivity contribution in [1.29, 1.82) is 0 Å². The second kappa shape index (κ2) is 11.3. The van der Waals surface area contributed by atoms with Crippen molar-refractivity contribution in [3.05, 3.63) is 107 Å². The average molecular weight is 526 g/mol. The molecule has 0 aliphatic heterocycles. The molecule has 4 aromatic rings. The van der Waals surface area contributed by atoms with Crippen molar-refractivity contribution in [1.82, 2.24) is 15.1 Å². The molecule has 8 heteroatoms. The van der Waals surface area contributed by atoms with Crippen LogP contribution >= 0.6 is 0 Å². The molecule has 0 saturated carbocycles. The second-order valence-corrected chi connectivity index (χ2v) is 10.4. The van der Waals surface area contributed by atoms with Crippen LogP contribution in [0.1, 0.15) is 52.6 Å². The molecule has 0 aliphatic carbocycles. The zero-order valence-corrected chi connectivity index (χ0v) is 22.3. The minimum atomic E-state index is -1.14. The number of esters is 1. The lowest BCUT2D eigenvalue weighted by molar-refractivity contribution is -0.139. The summed E-state index contributed by atoms with van der Waals surface area (Å²) in [5.41, 5.74) is 4.18. The first-order valence-corrected chi connectivity index (χ1v) is 12.5. The minimum Gasteiger partial charge on any atom is -0.480 e. The molecule has 0 fully saturated rings. The number of hydrogen-bond donors (Lipinski definition) is 2. The highest BCUT2D eigenvalue weighted by Crippen LogP contribution is 2.23. The van der Waals surface area contributed by atoms with Gasteiger partial charge < -0.3 is 15.2 Å². The van der Waals surface area contributed by atoms with Gasteiger partial charge in [-0.05, 0) is 59.0 Å². The van der Waals surface area contributed by atoms with E-state index in [1.165, 1.54) is 0 Å². The molecule has 0 aliphatic rings. The van der Waals surface area contributed by atoms with E-state index in [0.717, 1.165) is 16.8 Å². The van der Waals surface area contributed by atoms with Gasteiger partial charge in [-0.2, -0.15) is 5.10 Å². The Kier molecular flexibility index (Phi) is 7.95. The molecule has 0 spiro atoms. The van der Waals surface area contributed by atoms with Crippen molar-refractivity contribution < 1.29 is 24.2 Å². The van der Waals surface area contributed by atoms with Gasteiger partial charge in [0.05, 0.1) is 11.3 Å². The summed E-state index contributed by atoms with van der Waals surface area (Å²) in [6, 6.07) is 21.4. The number of carbonyl (C=O) groups excluding carboxylic acids is 2. The number of carboxylic acids is 1. The van der Waals surface area contributed by atoms with Crippen molar-refractivity contribution in [2.45, 2.75) is 38.6 Å². The molecular formula is C31H31N3O5. The highest BCUT2D eigenvalue weighted by Gasteiger charge is 2.22. The Morgan fingerprint density at radius 3 is 2.05 bits per heavy atom. The molecular weight excluding hydrogens is 494 g/mol. The van der Waals surface area contributed by atoms with E-state index in [1.807, 2.05) is 31.4 Å². The zero-order chi connectivity index (χ0) is 28.2. The number of benzene rings is 3. The van der Waals surface area contributed by atoms with E-state index in [0.29, 0.717) is 22.4 Å². The molecule has 1 amide bonds. The Labute approximate surface area is 227 Å². The number of carbonyl (C=O) groups is 3. The van der Waals surface area contributed by atoms with Crippen molar-refractivity contribution in [2.24, 2.45) is 7.05 Å². The number of hydrogen-bond acceptors (Lipinski definition) is 5. The maximum Gasteiger partial charge on any atom is 0.343 e. The number of rotatable bonds is 8. The maximum absolute atomic E-state index is 12.7. The van der Waals surface area contributed by atoms with E-state index in [2.05, 4.69) is 31.2 Å². The summed E-state index contributed by atoms with van der Waals surface area (Å²) in [6.45, 7) is 6.24. The molecule has 3 aromatic carbocycles. The third-order valence-electron chi connectivity index (χ3n) is 6.32. The fourth-order valence-electron chi connectivity index (χ4n) is 4.00. The van der Waals surface area contributed by atoms with Crippen LogP contribution in [0.2, 0.25) is 0 Å². The van der Waals surface area contributed by atoms with Gasteiger partial charge in [-0.15, -0.1) is 0 Å². The van der Waals surface area contributed by atoms with Crippen LogP contribution in [0.25, 0.3) is 11.3 Å². The highest BCUT2D eigenvalue weighted by molar-refractivity contribution is 5.96. The first-order chi connectivity index (χ1) is 18.5. The number of carboxylic acid groups (broad SMARTS) is 1. The van der Waals surface area contributed by atoms with E-state index in [1.54, 1.807) is 65.3 Å². The van der Waals surface area contributed by atoms with Gasteiger partial charge >= 0.3 is 11.9 Å². The van der Waals surface area contributed by atoms with Crippen molar-refractivity contribution in [2.75, 3.05) is 0 Å². The van der Waals surface area contributed by atoms with Crippen LogP contribution < -0.4 is 10.1 Å². The lowest BCUT2D eigenvalue weighted by Crippen LogP contribution is -2.42. The largest absolute Gasteiger partial charge is 0.480 e. The summed E-state index contributed by atoms with van der Waals surface area (Å²) in [7, 11) is 1.84. The fourth-order valence-corrected chi connectivity index (χ4v) is 4.00. The Bertz CT molecular complexity index is 1460. The summed E-state index contributed by atoms with van der Waals surface area (Å²) < 4.78 is 7.18. The summed E-state index contributed by atoms with van der Waals surface area (Å²) in [5.74, 6) is -1.78. The van der Waals surface area contributed by atoms with Crippen LogP contribution in [-0.2, 0) is 23.7 Å². The van der Waals surface area contributed by atoms with Crippen LogP contribution in [0.5, 0.6) is 5.75 Å². The molecule has 2 N–H and O–H groups in total. The van der Waals surface area contributed by atoms with Crippen LogP contribution in [0, 0.1) is 0 Å². The van der Waals surface area contributed by atoms with Crippen molar-refractivity contribution >= 4 is 17.8 Å². The van der Waals surface area contributed by atoms with E-state index >= 15 is 0 Å². The zero-order valence-electron chi connectivity index (χ0n) is 22.3. The maximum atomic E-state index is 12.7. The van der Waals surface area contributed by atoms with Crippen LogP contribution in [0.4, 0.5) is 0 Å². The van der Waals surface area contributed by atoms with Gasteiger partial charge in [0.25, 0.3) is 5.91 Å². The second-order valence-electron chi connectivity index (χ2n) is 10.4. The first kappa shape index (κ1) is 27.3. The lowest BCUT2D eigenvalue weighted by atomic mass is 9.86. The number of ether oxygens (including phenoxy) is 1. The quantitative estimate of drug-likeness (QED) is 0.247. The first-order valence-electron chi connectivity index (χ1n) is 12.5. The summed E-state index contributed by atoms with van der Waals surface area (Å²) in [6.07, 6.45) is 1.92. The van der Waals surface area contributed by atoms with Crippen molar-refractivity contribution in [3.8, 4) is 17.0 Å². The molecule has 1 aromatic heterocycles. The number of aliphatic carboxylic acids is 1. The Morgan fingerprint density at radius 1 is 0.897 bits per heavy atom. The van der Waals surface area contributed by atoms with Crippen LogP contribution in [-0.4, -0.2) is 38.8 Å². The summed E-state index contributed by atoms with van der Waals surface area (Å²) >= 11 is 0. The Morgan fingerprint density at radius 2 is 1.51 bits per heavy atom. The van der Waals surface area contributed by atoms with Gasteiger partial charge in [-0.1, -0.05) is 57.2 Å². The van der Waals surface area contributed by atoms with E-state index in [4.69, 9.17) is 4.74 Å². The Balaban J connectivity index is 1.35. The molecule has 8 nitrogen and oxygen atoms in total. The Hall–Kier alpha value is -4.72.